The average molecular weight is 332 g/mol. The van der Waals surface area contributed by atoms with Gasteiger partial charge in [-0.05, 0) is 46.5 Å². The molecule has 8 heteroatoms. The summed E-state index contributed by atoms with van der Waals surface area (Å²) >= 11 is 0. The standard InChI is InChI=1S/C16H24N6O2/c1-16(2,3)24-15(23)21-12-6-4-11(5-7-12)20-14-19-9-10(8-17)13(18)22-14/h9,11-12H,4-7H2,1-3H3,(H,21,23)(H3,18,19,20,22). The van der Waals surface area contributed by atoms with E-state index in [0.29, 0.717) is 5.95 Å². The Bertz CT molecular complexity index is 626. The number of alkyl carbamates (subject to hydrolysis) is 1. The van der Waals surface area contributed by atoms with Gasteiger partial charge >= 0.3 is 6.09 Å². The topological polar surface area (TPSA) is 126 Å². The van der Waals surface area contributed by atoms with Gasteiger partial charge in [0.05, 0.1) is 6.20 Å². The largest absolute Gasteiger partial charge is 0.444 e. The van der Waals surface area contributed by atoms with E-state index < -0.39 is 5.60 Å². The minimum atomic E-state index is -0.490. The van der Waals surface area contributed by atoms with E-state index in [1.165, 1.54) is 6.20 Å². The number of hydrogen-bond donors (Lipinski definition) is 3. The number of hydrogen-bond acceptors (Lipinski definition) is 7. The number of nitriles is 1. The molecule has 1 fully saturated rings. The van der Waals surface area contributed by atoms with E-state index in [1.807, 2.05) is 26.8 Å². The third-order valence-electron chi connectivity index (χ3n) is 3.72. The fourth-order valence-corrected chi connectivity index (χ4v) is 2.59. The number of rotatable bonds is 3. The van der Waals surface area contributed by atoms with Crippen LogP contribution in [0.2, 0.25) is 0 Å². The molecule has 0 saturated heterocycles. The van der Waals surface area contributed by atoms with Gasteiger partial charge in [0.1, 0.15) is 23.1 Å². The van der Waals surface area contributed by atoms with Crippen molar-refractivity contribution >= 4 is 17.9 Å². The molecule has 1 saturated carbocycles. The number of aromatic nitrogens is 2. The van der Waals surface area contributed by atoms with Crippen LogP contribution in [-0.4, -0.2) is 33.7 Å². The number of amides is 1. The Morgan fingerprint density at radius 3 is 2.50 bits per heavy atom. The monoisotopic (exact) mass is 332 g/mol. The fraction of sp³-hybridized carbons (Fsp3) is 0.625. The Balaban J connectivity index is 1.80. The maximum absolute atomic E-state index is 11.8. The van der Waals surface area contributed by atoms with Crippen molar-refractivity contribution in [3.8, 4) is 6.07 Å². The minimum Gasteiger partial charge on any atom is -0.444 e. The third kappa shape index (κ3) is 5.26. The summed E-state index contributed by atoms with van der Waals surface area (Å²) in [5, 5.41) is 15.0. The molecule has 0 aliphatic heterocycles. The molecule has 0 aromatic carbocycles. The predicted octanol–water partition coefficient (Wildman–Crippen LogP) is 2.18. The average Bonchev–Trinajstić information content (AvgIpc) is 2.47. The lowest BCUT2D eigenvalue weighted by atomic mass is 9.91. The molecule has 130 valence electrons. The first kappa shape index (κ1) is 17.8. The van der Waals surface area contributed by atoms with Crippen molar-refractivity contribution in [2.45, 2.75) is 64.1 Å². The van der Waals surface area contributed by atoms with Crippen molar-refractivity contribution in [1.82, 2.24) is 15.3 Å². The quantitative estimate of drug-likeness (QED) is 0.774. The smallest absolute Gasteiger partial charge is 0.407 e. The molecule has 1 heterocycles. The highest BCUT2D eigenvalue weighted by atomic mass is 16.6. The van der Waals surface area contributed by atoms with Crippen LogP contribution in [0.15, 0.2) is 6.20 Å². The van der Waals surface area contributed by atoms with Crippen LogP contribution in [-0.2, 0) is 4.74 Å². The molecule has 1 aromatic rings. The Morgan fingerprint density at radius 1 is 1.33 bits per heavy atom. The first-order valence-corrected chi connectivity index (χ1v) is 8.05. The van der Waals surface area contributed by atoms with Crippen molar-refractivity contribution in [3.05, 3.63) is 11.8 Å². The number of ether oxygens (including phenoxy) is 1. The summed E-state index contributed by atoms with van der Waals surface area (Å²) in [5.74, 6) is 0.602. The number of carbonyl (C=O) groups is 1. The maximum Gasteiger partial charge on any atom is 0.407 e. The van der Waals surface area contributed by atoms with E-state index in [2.05, 4.69) is 20.6 Å². The lowest BCUT2D eigenvalue weighted by Crippen LogP contribution is -2.42. The van der Waals surface area contributed by atoms with Gasteiger partial charge in [-0.1, -0.05) is 0 Å². The summed E-state index contributed by atoms with van der Waals surface area (Å²) in [7, 11) is 0. The molecule has 1 aliphatic carbocycles. The van der Waals surface area contributed by atoms with Gasteiger partial charge in [0.25, 0.3) is 0 Å². The second-order valence-electron chi connectivity index (χ2n) is 6.94. The highest BCUT2D eigenvalue weighted by Gasteiger charge is 2.25. The first-order valence-electron chi connectivity index (χ1n) is 8.05. The number of nitrogens with one attached hydrogen (secondary N) is 2. The molecule has 0 radical (unpaired) electrons. The van der Waals surface area contributed by atoms with Crippen LogP contribution in [0.5, 0.6) is 0 Å². The van der Waals surface area contributed by atoms with Crippen molar-refractivity contribution in [1.29, 1.82) is 5.26 Å². The Hall–Kier alpha value is -2.56. The molecular formula is C16H24N6O2. The van der Waals surface area contributed by atoms with Crippen LogP contribution >= 0.6 is 0 Å². The predicted molar refractivity (Wildman–Crippen MR) is 90.2 cm³/mol. The van der Waals surface area contributed by atoms with Gasteiger partial charge in [0, 0.05) is 12.1 Å². The Morgan fingerprint density at radius 2 is 1.96 bits per heavy atom. The van der Waals surface area contributed by atoms with E-state index in [4.69, 9.17) is 15.7 Å². The van der Waals surface area contributed by atoms with E-state index in [0.717, 1.165) is 25.7 Å². The van der Waals surface area contributed by atoms with E-state index >= 15 is 0 Å². The SMILES string of the molecule is CC(C)(C)OC(=O)NC1CCC(Nc2ncc(C#N)c(N)n2)CC1. The van der Waals surface area contributed by atoms with E-state index in [9.17, 15) is 4.79 Å². The maximum atomic E-state index is 11.8. The van der Waals surface area contributed by atoms with Crippen LogP contribution in [0.3, 0.4) is 0 Å². The van der Waals surface area contributed by atoms with Gasteiger partial charge in [0.2, 0.25) is 5.95 Å². The van der Waals surface area contributed by atoms with Gasteiger partial charge in [-0.3, -0.25) is 0 Å². The molecule has 2 rings (SSSR count). The van der Waals surface area contributed by atoms with Crippen LogP contribution in [0.4, 0.5) is 16.6 Å². The zero-order valence-corrected chi connectivity index (χ0v) is 14.3. The van der Waals surface area contributed by atoms with Crippen LogP contribution < -0.4 is 16.4 Å². The van der Waals surface area contributed by atoms with Gasteiger partial charge in [-0.2, -0.15) is 10.2 Å². The molecule has 4 N–H and O–H groups in total. The van der Waals surface area contributed by atoms with E-state index in [-0.39, 0.29) is 29.6 Å². The van der Waals surface area contributed by atoms with Gasteiger partial charge in [0.15, 0.2) is 0 Å². The molecule has 1 amide bonds. The highest BCUT2D eigenvalue weighted by molar-refractivity contribution is 5.68. The second kappa shape index (κ2) is 7.34. The Kier molecular flexibility index (Phi) is 5.44. The first-order chi connectivity index (χ1) is 11.3. The molecule has 0 atom stereocenters. The van der Waals surface area contributed by atoms with Crippen LogP contribution in [0, 0.1) is 11.3 Å². The van der Waals surface area contributed by atoms with Gasteiger partial charge in [-0.25, -0.2) is 9.78 Å². The third-order valence-corrected chi connectivity index (χ3v) is 3.72. The Labute approximate surface area is 141 Å². The highest BCUT2D eigenvalue weighted by Crippen LogP contribution is 2.22. The number of nitrogen functional groups attached to an aromatic ring is 1. The second-order valence-corrected chi connectivity index (χ2v) is 6.94. The van der Waals surface area contributed by atoms with Crippen LogP contribution in [0.25, 0.3) is 0 Å². The molecular weight excluding hydrogens is 308 g/mol. The summed E-state index contributed by atoms with van der Waals surface area (Å²) in [4.78, 5) is 20.0. The lowest BCUT2D eigenvalue weighted by molar-refractivity contribution is 0.0492. The summed E-state index contributed by atoms with van der Waals surface area (Å²) in [6, 6.07) is 2.27. The zero-order valence-electron chi connectivity index (χ0n) is 14.3. The molecule has 0 bridgehead atoms. The normalized spacial score (nSPS) is 20.8. The zero-order chi connectivity index (χ0) is 17.7. The molecule has 8 nitrogen and oxygen atoms in total. The number of nitrogens with two attached hydrogens (primary N) is 1. The summed E-state index contributed by atoms with van der Waals surface area (Å²) in [5.41, 5.74) is 5.47. The molecule has 0 spiro atoms. The van der Waals surface area contributed by atoms with Crippen molar-refractivity contribution < 1.29 is 9.53 Å². The summed E-state index contributed by atoms with van der Waals surface area (Å²) < 4.78 is 5.27. The minimum absolute atomic E-state index is 0.116. The fourth-order valence-electron chi connectivity index (χ4n) is 2.59. The lowest BCUT2D eigenvalue weighted by Gasteiger charge is -2.30. The van der Waals surface area contributed by atoms with E-state index in [1.54, 1.807) is 0 Å². The van der Waals surface area contributed by atoms with Gasteiger partial charge in [-0.15, -0.1) is 0 Å². The number of nitrogens with zero attached hydrogens (tertiary/aromatic N) is 3. The van der Waals surface area contributed by atoms with Gasteiger partial charge < -0.3 is 21.1 Å². The van der Waals surface area contributed by atoms with Crippen molar-refractivity contribution in [2.24, 2.45) is 0 Å². The van der Waals surface area contributed by atoms with Crippen LogP contribution in [0.1, 0.15) is 52.0 Å². The summed E-state index contributed by atoms with van der Waals surface area (Å²) in [6.45, 7) is 5.53. The number of carbonyl (C=O) groups excluding carboxylic acids is 1. The molecule has 0 unspecified atom stereocenters. The molecule has 1 aliphatic rings. The molecule has 24 heavy (non-hydrogen) atoms. The van der Waals surface area contributed by atoms with Crippen molar-refractivity contribution in [2.75, 3.05) is 11.1 Å². The number of anilines is 2. The molecule has 1 aromatic heterocycles. The van der Waals surface area contributed by atoms with Crippen molar-refractivity contribution in [3.63, 3.8) is 0 Å². The summed E-state index contributed by atoms with van der Waals surface area (Å²) in [6.07, 6.45) is 4.50.